The quantitative estimate of drug-likeness (QED) is 0.241. The number of likely N-dealkylation sites (N-methyl/N-ethyl adjacent to an activating group) is 1. The number of nitrogens with one attached hydrogen (secondary N) is 3. The number of aliphatic imine (C=N–C) groups is 1. The number of anilines is 1. The van der Waals surface area contributed by atoms with Crippen molar-refractivity contribution in [3.05, 3.63) is 29.8 Å². The van der Waals surface area contributed by atoms with Crippen LogP contribution in [-0.4, -0.2) is 55.5 Å². The van der Waals surface area contributed by atoms with Gasteiger partial charge in [0.15, 0.2) is 5.96 Å². The lowest BCUT2D eigenvalue weighted by Crippen LogP contribution is -2.45. The largest absolute Gasteiger partial charge is 0.357 e. The Bertz CT molecular complexity index is 671. The molecule has 0 bridgehead atoms. The fourth-order valence-electron chi connectivity index (χ4n) is 3.14. The van der Waals surface area contributed by atoms with Gasteiger partial charge in [-0.15, -0.1) is 30.4 Å². The Morgan fingerprint density at radius 1 is 1.37 bits per heavy atom. The van der Waals surface area contributed by atoms with E-state index >= 15 is 0 Å². The van der Waals surface area contributed by atoms with Gasteiger partial charge in [-0.1, -0.05) is 18.9 Å². The van der Waals surface area contributed by atoms with E-state index in [4.69, 9.17) is 6.42 Å². The third-order valence-corrected chi connectivity index (χ3v) is 4.45. The molecule has 0 spiro atoms. The summed E-state index contributed by atoms with van der Waals surface area (Å²) in [4.78, 5) is 19.0. The van der Waals surface area contributed by atoms with Gasteiger partial charge < -0.3 is 16.0 Å². The minimum atomic E-state index is -0.174. The van der Waals surface area contributed by atoms with Crippen LogP contribution in [0, 0.1) is 12.3 Å². The number of rotatable bonds is 7. The minimum absolute atomic E-state index is 0. The molecule has 1 aliphatic heterocycles. The molecule has 1 aromatic rings. The van der Waals surface area contributed by atoms with Crippen LogP contribution in [0.25, 0.3) is 0 Å². The molecular weight excluding hydrogens is 453 g/mol. The van der Waals surface area contributed by atoms with Gasteiger partial charge >= 0.3 is 0 Å². The summed E-state index contributed by atoms with van der Waals surface area (Å²) in [5, 5.41) is 9.37. The lowest BCUT2D eigenvalue weighted by molar-refractivity contribution is -0.114. The highest BCUT2D eigenvalue weighted by Gasteiger charge is 2.22. The number of carbonyl (C=O) groups excluding carboxylic acids is 1. The summed E-state index contributed by atoms with van der Waals surface area (Å²) in [7, 11) is 0. The molecule has 148 valence electrons. The van der Waals surface area contributed by atoms with Crippen LogP contribution in [0.15, 0.2) is 29.3 Å². The fraction of sp³-hybridized carbons (Fsp3) is 0.500. The Labute approximate surface area is 179 Å². The first-order valence-electron chi connectivity index (χ1n) is 9.29. The summed E-state index contributed by atoms with van der Waals surface area (Å²) in [5.74, 6) is 3.05. The van der Waals surface area contributed by atoms with Crippen molar-refractivity contribution in [1.82, 2.24) is 15.5 Å². The molecule has 0 radical (unpaired) electrons. The van der Waals surface area contributed by atoms with Crippen LogP contribution in [0.5, 0.6) is 0 Å². The SMILES string of the molecule is C#Cc1cccc(NC(=O)CN=C(NCC)NCC2CCCN2CC)c1.I. The number of terminal acetylenes is 1. The standard InChI is InChI=1S/C20H29N5O.HI/c1-4-16-9-7-10-17(13-16)24-19(26)15-23-20(21-5-2)22-14-18-11-8-12-25(18)6-3;/h1,7,9-10,13,18H,5-6,8,11-12,14-15H2,2-3H3,(H,24,26)(H2,21,22,23);1H. The van der Waals surface area contributed by atoms with Gasteiger partial charge in [0, 0.05) is 30.4 Å². The predicted octanol–water partition coefficient (Wildman–Crippen LogP) is 2.26. The summed E-state index contributed by atoms with van der Waals surface area (Å²) in [6, 6.07) is 7.75. The molecule has 0 aliphatic carbocycles. The number of likely N-dealkylation sites (tertiary alicyclic amines) is 1. The maximum Gasteiger partial charge on any atom is 0.246 e. The normalized spacial score (nSPS) is 16.9. The molecule has 0 aromatic heterocycles. The van der Waals surface area contributed by atoms with Gasteiger partial charge in [0.05, 0.1) is 0 Å². The van der Waals surface area contributed by atoms with E-state index in [-0.39, 0.29) is 36.4 Å². The first kappa shape index (κ1) is 23.2. The predicted molar refractivity (Wildman–Crippen MR) is 123 cm³/mol. The number of halogens is 1. The zero-order chi connectivity index (χ0) is 18.8. The van der Waals surface area contributed by atoms with Gasteiger partial charge in [-0.2, -0.15) is 0 Å². The van der Waals surface area contributed by atoms with Crippen LogP contribution in [0.2, 0.25) is 0 Å². The lowest BCUT2D eigenvalue weighted by Gasteiger charge is -2.23. The van der Waals surface area contributed by atoms with Crippen molar-refractivity contribution in [2.45, 2.75) is 32.7 Å². The third-order valence-electron chi connectivity index (χ3n) is 4.45. The van der Waals surface area contributed by atoms with Gasteiger partial charge in [0.2, 0.25) is 5.91 Å². The van der Waals surface area contributed by atoms with E-state index in [2.05, 4.69) is 38.7 Å². The number of guanidine groups is 1. The van der Waals surface area contributed by atoms with E-state index in [1.54, 1.807) is 6.07 Å². The van der Waals surface area contributed by atoms with E-state index < -0.39 is 0 Å². The van der Waals surface area contributed by atoms with Crippen molar-refractivity contribution < 1.29 is 4.79 Å². The van der Waals surface area contributed by atoms with Crippen molar-refractivity contribution in [2.24, 2.45) is 4.99 Å². The molecule has 1 aliphatic rings. The highest BCUT2D eigenvalue weighted by molar-refractivity contribution is 14.0. The average Bonchev–Trinajstić information content (AvgIpc) is 3.11. The van der Waals surface area contributed by atoms with E-state index in [0.717, 1.165) is 31.7 Å². The van der Waals surface area contributed by atoms with E-state index in [1.807, 2.05) is 25.1 Å². The van der Waals surface area contributed by atoms with E-state index in [0.29, 0.717) is 17.7 Å². The molecule has 1 amide bonds. The second-order valence-corrected chi connectivity index (χ2v) is 6.27. The van der Waals surface area contributed by atoms with Crippen LogP contribution in [0.1, 0.15) is 32.3 Å². The Morgan fingerprint density at radius 2 is 2.19 bits per heavy atom. The van der Waals surface area contributed by atoms with Crippen molar-refractivity contribution >= 4 is 41.5 Å². The number of nitrogens with zero attached hydrogens (tertiary/aromatic N) is 2. The number of hydrogen-bond acceptors (Lipinski definition) is 3. The first-order chi connectivity index (χ1) is 12.7. The number of amides is 1. The maximum absolute atomic E-state index is 12.1. The summed E-state index contributed by atoms with van der Waals surface area (Å²) in [6.07, 6.45) is 7.83. The summed E-state index contributed by atoms with van der Waals surface area (Å²) in [5.41, 5.74) is 1.42. The third kappa shape index (κ3) is 7.77. The van der Waals surface area contributed by atoms with Crippen LogP contribution in [0.4, 0.5) is 5.69 Å². The van der Waals surface area contributed by atoms with Crippen molar-refractivity contribution in [1.29, 1.82) is 0 Å². The van der Waals surface area contributed by atoms with Crippen LogP contribution in [-0.2, 0) is 4.79 Å². The highest BCUT2D eigenvalue weighted by Crippen LogP contribution is 2.15. The molecule has 7 heteroatoms. The minimum Gasteiger partial charge on any atom is -0.357 e. The summed E-state index contributed by atoms with van der Waals surface area (Å²) >= 11 is 0. The second kappa shape index (κ2) is 12.6. The molecule has 1 heterocycles. The molecule has 2 rings (SSSR count). The monoisotopic (exact) mass is 483 g/mol. The molecule has 3 N–H and O–H groups in total. The molecule has 27 heavy (non-hydrogen) atoms. The van der Waals surface area contributed by atoms with Crippen molar-refractivity contribution in [3.63, 3.8) is 0 Å². The van der Waals surface area contributed by atoms with Gasteiger partial charge in [0.25, 0.3) is 0 Å². The van der Waals surface area contributed by atoms with Crippen LogP contribution in [0.3, 0.4) is 0 Å². The molecule has 6 nitrogen and oxygen atoms in total. The molecular formula is C20H30IN5O. The molecule has 1 saturated heterocycles. The molecule has 1 aromatic carbocycles. The molecule has 0 saturated carbocycles. The fourth-order valence-corrected chi connectivity index (χ4v) is 3.14. The maximum atomic E-state index is 12.1. The average molecular weight is 483 g/mol. The Morgan fingerprint density at radius 3 is 2.89 bits per heavy atom. The van der Waals surface area contributed by atoms with Gasteiger partial charge in [-0.3, -0.25) is 9.69 Å². The van der Waals surface area contributed by atoms with Crippen molar-refractivity contribution in [3.8, 4) is 12.3 Å². The van der Waals surface area contributed by atoms with Crippen LogP contribution < -0.4 is 16.0 Å². The molecule has 1 atom stereocenters. The zero-order valence-corrected chi connectivity index (χ0v) is 18.5. The summed E-state index contributed by atoms with van der Waals surface area (Å²) < 4.78 is 0. The highest BCUT2D eigenvalue weighted by atomic mass is 127. The van der Waals surface area contributed by atoms with E-state index in [1.165, 1.54) is 12.8 Å². The smallest absolute Gasteiger partial charge is 0.246 e. The number of carbonyl (C=O) groups is 1. The first-order valence-corrected chi connectivity index (χ1v) is 9.29. The zero-order valence-electron chi connectivity index (χ0n) is 16.1. The topological polar surface area (TPSA) is 68.8 Å². The molecule has 1 unspecified atom stereocenters. The summed E-state index contributed by atoms with van der Waals surface area (Å²) in [6.45, 7) is 8.07. The van der Waals surface area contributed by atoms with Gasteiger partial charge in [-0.05, 0) is 51.1 Å². The Kier molecular flexibility index (Phi) is 10.8. The van der Waals surface area contributed by atoms with Gasteiger partial charge in [-0.25, -0.2) is 4.99 Å². The van der Waals surface area contributed by atoms with Crippen LogP contribution >= 0.6 is 24.0 Å². The van der Waals surface area contributed by atoms with Gasteiger partial charge in [0.1, 0.15) is 6.54 Å². The Balaban J connectivity index is 0.00000364. The van der Waals surface area contributed by atoms with E-state index in [9.17, 15) is 4.79 Å². The van der Waals surface area contributed by atoms with Crippen molar-refractivity contribution in [2.75, 3.05) is 38.0 Å². The lowest BCUT2D eigenvalue weighted by atomic mass is 10.2. The second-order valence-electron chi connectivity index (χ2n) is 6.27. The number of benzene rings is 1. The Hall–Kier alpha value is -1.79. The molecule has 1 fully saturated rings. The number of hydrogen-bond donors (Lipinski definition) is 3.